The molecule has 84 valence electrons. The van der Waals surface area contributed by atoms with Gasteiger partial charge in [-0.25, -0.2) is 9.97 Å². The van der Waals surface area contributed by atoms with Crippen LogP contribution in [0.1, 0.15) is 12.6 Å². The van der Waals surface area contributed by atoms with Crippen molar-refractivity contribution < 1.29 is 0 Å². The summed E-state index contributed by atoms with van der Waals surface area (Å²) in [6.07, 6.45) is 0.866. The zero-order valence-corrected chi connectivity index (χ0v) is 13.1. The van der Waals surface area contributed by atoms with Crippen molar-refractivity contribution in [3.63, 3.8) is 0 Å². The van der Waals surface area contributed by atoms with Crippen molar-refractivity contribution in [1.82, 2.24) is 9.97 Å². The topological polar surface area (TPSA) is 51.8 Å². The van der Waals surface area contributed by atoms with Crippen LogP contribution in [0.3, 0.4) is 0 Å². The third-order valence-electron chi connectivity index (χ3n) is 2.07. The van der Waals surface area contributed by atoms with E-state index in [2.05, 4.69) is 55.4 Å². The molecule has 0 spiro atoms. The SMILES string of the molecule is CCc1nc(-c2ccc(Br)s2)nc(N)c1I. The maximum Gasteiger partial charge on any atom is 0.171 e. The first-order valence-corrected chi connectivity index (χ1v) is 7.38. The third kappa shape index (κ3) is 2.38. The van der Waals surface area contributed by atoms with Gasteiger partial charge in [-0.15, -0.1) is 11.3 Å². The predicted octanol–water partition coefficient (Wildman–Crippen LogP) is 3.72. The summed E-state index contributed by atoms with van der Waals surface area (Å²) in [5.74, 6) is 1.28. The van der Waals surface area contributed by atoms with Gasteiger partial charge >= 0.3 is 0 Å². The van der Waals surface area contributed by atoms with Gasteiger partial charge in [0.05, 0.1) is 17.9 Å². The molecule has 0 radical (unpaired) electrons. The fourth-order valence-corrected chi connectivity index (χ4v) is 3.23. The first-order chi connectivity index (χ1) is 7.61. The second kappa shape index (κ2) is 4.97. The van der Waals surface area contributed by atoms with Crippen LogP contribution in [-0.2, 0) is 6.42 Å². The van der Waals surface area contributed by atoms with E-state index in [1.54, 1.807) is 11.3 Å². The summed E-state index contributed by atoms with van der Waals surface area (Å²) < 4.78 is 2.03. The zero-order valence-electron chi connectivity index (χ0n) is 8.50. The minimum Gasteiger partial charge on any atom is -0.383 e. The highest BCUT2D eigenvalue weighted by molar-refractivity contribution is 14.1. The van der Waals surface area contributed by atoms with Gasteiger partial charge in [0.1, 0.15) is 5.82 Å². The molecule has 6 heteroatoms. The second-order valence-electron chi connectivity index (χ2n) is 3.15. The van der Waals surface area contributed by atoms with Crippen molar-refractivity contribution in [3.8, 4) is 10.7 Å². The van der Waals surface area contributed by atoms with E-state index in [1.165, 1.54) is 0 Å². The lowest BCUT2D eigenvalue weighted by atomic mass is 10.3. The number of thiophene rings is 1. The number of rotatable bonds is 2. The lowest BCUT2D eigenvalue weighted by Crippen LogP contribution is -2.03. The Balaban J connectivity index is 2.54. The molecule has 3 nitrogen and oxygen atoms in total. The van der Waals surface area contributed by atoms with Crippen LogP contribution in [0.4, 0.5) is 5.82 Å². The van der Waals surface area contributed by atoms with E-state index in [9.17, 15) is 0 Å². The van der Waals surface area contributed by atoms with E-state index >= 15 is 0 Å². The molecule has 0 amide bonds. The monoisotopic (exact) mass is 409 g/mol. The Bertz CT molecular complexity index is 527. The van der Waals surface area contributed by atoms with Crippen LogP contribution < -0.4 is 5.73 Å². The maximum absolute atomic E-state index is 5.88. The number of nitrogen functional groups attached to an aromatic ring is 1. The molecule has 0 fully saturated rings. The van der Waals surface area contributed by atoms with Crippen molar-refractivity contribution >= 4 is 55.7 Å². The average molecular weight is 410 g/mol. The smallest absolute Gasteiger partial charge is 0.171 e. The summed E-state index contributed by atoms with van der Waals surface area (Å²) in [7, 11) is 0. The van der Waals surface area contributed by atoms with Gasteiger partial charge in [0.15, 0.2) is 5.82 Å². The van der Waals surface area contributed by atoms with E-state index in [-0.39, 0.29) is 0 Å². The Morgan fingerprint density at radius 2 is 2.19 bits per heavy atom. The summed E-state index contributed by atoms with van der Waals surface area (Å²) in [6, 6.07) is 3.99. The van der Waals surface area contributed by atoms with E-state index in [0.717, 1.165) is 24.3 Å². The molecular formula is C10H9BrIN3S. The van der Waals surface area contributed by atoms with Crippen molar-refractivity contribution in [2.45, 2.75) is 13.3 Å². The van der Waals surface area contributed by atoms with Crippen LogP contribution >= 0.6 is 49.9 Å². The second-order valence-corrected chi connectivity index (χ2v) is 6.69. The lowest BCUT2D eigenvalue weighted by molar-refractivity contribution is 0.996. The Kier molecular flexibility index (Phi) is 3.81. The van der Waals surface area contributed by atoms with Gasteiger partial charge in [0.25, 0.3) is 0 Å². The van der Waals surface area contributed by atoms with Crippen molar-refractivity contribution in [3.05, 3.63) is 25.2 Å². The number of aromatic nitrogens is 2. The normalized spacial score (nSPS) is 10.7. The fraction of sp³-hybridized carbons (Fsp3) is 0.200. The van der Waals surface area contributed by atoms with Crippen LogP contribution in [-0.4, -0.2) is 9.97 Å². The molecule has 0 aliphatic rings. The Morgan fingerprint density at radius 3 is 2.75 bits per heavy atom. The van der Waals surface area contributed by atoms with Gasteiger partial charge in [-0.05, 0) is 57.1 Å². The van der Waals surface area contributed by atoms with Crippen molar-refractivity contribution in [1.29, 1.82) is 0 Å². The lowest BCUT2D eigenvalue weighted by Gasteiger charge is -2.05. The number of hydrogen-bond donors (Lipinski definition) is 1. The van der Waals surface area contributed by atoms with Crippen molar-refractivity contribution in [2.75, 3.05) is 5.73 Å². The number of hydrogen-bond acceptors (Lipinski definition) is 4. The predicted molar refractivity (Wildman–Crippen MR) is 79.6 cm³/mol. The average Bonchev–Trinajstić information content (AvgIpc) is 2.69. The third-order valence-corrected chi connectivity index (χ3v) is 4.87. The molecule has 2 N–H and O–H groups in total. The summed E-state index contributed by atoms with van der Waals surface area (Å²) in [6.45, 7) is 2.07. The quantitative estimate of drug-likeness (QED) is 0.769. The Hall–Kier alpha value is -0.210. The molecule has 0 aliphatic heterocycles. The molecule has 2 rings (SSSR count). The Morgan fingerprint density at radius 1 is 1.44 bits per heavy atom. The highest BCUT2D eigenvalue weighted by Gasteiger charge is 2.11. The van der Waals surface area contributed by atoms with Gasteiger partial charge in [0, 0.05) is 0 Å². The van der Waals surface area contributed by atoms with Crippen LogP contribution in [0.25, 0.3) is 10.7 Å². The number of aryl methyl sites for hydroxylation is 1. The van der Waals surface area contributed by atoms with Gasteiger partial charge in [-0.3, -0.25) is 0 Å². The van der Waals surface area contributed by atoms with E-state index in [0.29, 0.717) is 11.6 Å². The molecule has 0 saturated carbocycles. The van der Waals surface area contributed by atoms with E-state index in [4.69, 9.17) is 5.73 Å². The zero-order chi connectivity index (χ0) is 11.7. The Labute approximate surface area is 120 Å². The summed E-state index contributed by atoms with van der Waals surface area (Å²) >= 11 is 7.23. The molecule has 2 aromatic heterocycles. The van der Waals surface area contributed by atoms with E-state index in [1.807, 2.05) is 12.1 Å². The first kappa shape index (κ1) is 12.3. The summed E-state index contributed by atoms with van der Waals surface area (Å²) in [5, 5.41) is 0. The number of nitrogens with zero attached hydrogens (tertiary/aromatic N) is 2. The minimum absolute atomic E-state index is 0.562. The molecular weight excluding hydrogens is 401 g/mol. The molecule has 2 aromatic rings. The molecule has 0 unspecified atom stereocenters. The summed E-state index contributed by atoms with van der Waals surface area (Å²) in [4.78, 5) is 9.87. The van der Waals surface area contributed by atoms with Crippen LogP contribution in [0.15, 0.2) is 15.9 Å². The first-order valence-electron chi connectivity index (χ1n) is 4.69. The van der Waals surface area contributed by atoms with Crippen LogP contribution in [0.5, 0.6) is 0 Å². The van der Waals surface area contributed by atoms with Gasteiger partial charge in [0.2, 0.25) is 0 Å². The van der Waals surface area contributed by atoms with Crippen LogP contribution in [0.2, 0.25) is 0 Å². The molecule has 0 atom stereocenters. The standard InChI is InChI=1S/C10H9BrIN3S/c1-2-5-8(12)9(13)15-10(14-5)6-3-4-7(11)16-6/h3-4H,2H2,1H3,(H2,13,14,15). The molecule has 0 aliphatic carbocycles. The molecule has 0 saturated heterocycles. The fourth-order valence-electron chi connectivity index (χ4n) is 1.29. The maximum atomic E-state index is 5.88. The highest BCUT2D eigenvalue weighted by atomic mass is 127. The molecule has 2 heterocycles. The molecule has 0 bridgehead atoms. The number of anilines is 1. The largest absolute Gasteiger partial charge is 0.383 e. The van der Waals surface area contributed by atoms with Crippen LogP contribution in [0, 0.1) is 3.57 Å². The van der Waals surface area contributed by atoms with Gasteiger partial charge in [-0.1, -0.05) is 6.92 Å². The number of nitrogens with two attached hydrogens (primary N) is 1. The highest BCUT2D eigenvalue weighted by Crippen LogP contribution is 2.30. The molecule has 0 aromatic carbocycles. The minimum atomic E-state index is 0.562. The summed E-state index contributed by atoms with van der Waals surface area (Å²) in [5.41, 5.74) is 6.88. The van der Waals surface area contributed by atoms with Gasteiger partial charge in [-0.2, -0.15) is 0 Å². The van der Waals surface area contributed by atoms with E-state index < -0.39 is 0 Å². The van der Waals surface area contributed by atoms with Gasteiger partial charge < -0.3 is 5.73 Å². The molecule has 16 heavy (non-hydrogen) atoms. The van der Waals surface area contributed by atoms with Crippen molar-refractivity contribution in [2.24, 2.45) is 0 Å². The number of halogens is 2.